The Morgan fingerprint density at radius 2 is 1.33 bits per heavy atom. The summed E-state index contributed by atoms with van der Waals surface area (Å²) in [6.45, 7) is 3.92. The molecule has 0 spiro atoms. The molecule has 4 aliphatic rings. The molecule has 0 atom stereocenters. The molecule has 0 radical (unpaired) electrons. The molecule has 0 saturated carbocycles. The van der Waals surface area contributed by atoms with Gasteiger partial charge >= 0.3 is 0 Å². The molecule has 0 aliphatic heterocycles. The van der Waals surface area contributed by atoms with Crippen molar-refractivity contribution in [2.75, 3.05) is 0 Å². The summed E-state index contributed by atoms with van der Waals surface area (Å²) in [4.78, 5) is 0. The van der Waals surface area contributed by atoms with Crippen LogP contribution >= 0.6 is 0 Å². The molecule has 0 N–H and O–H groups in total. The molecule has 0 saturated heterocycles. The maximum absolute atomic E-state index is 3.92. The van der Waals surface area contributed by atoms with Gasteiger partial charge in [-0.2, -0.15) is 0 Å². The van der Waals surface area contributed by atoms with Crippen LogP contribution in [0.4, 0.5) is 0 Å². The van der Waals surface area contributed by atoms with E-state index < -0.39 is 0 Å². The van der Waals surface area contributed by atoms with Gasteiger partial charge in [-0.3, -0.25) is 0 Å². The highest BCUT2D eigenvalue weighted by molar-refractivity contribution is 5.87. The molecule has 0 aromatic heterocycles. The second-order valence-electron chi connectivity index (χ2n) is 4.74. The van der Waals surface area contributed by atoms with Crippen LogP contribution in [0.1, 0.15) is 22.3 Å². The molecular formula is C18H16. The van der Waals surface area contributed by atoms with E-state index >= 15 is 0 Å². The minimum atomic E-state index is 1.10. The summed E-state index contributed by atoms with van der Waals surface area (Å²) < 4.78 is 0. The van der Waals surface area contributed by atoms with E-state index in [0.717, 1.165) is 12.8 Å². The summed E-state index contributed by atoms with van der Waals surface area (Å²) in [5.74, 6) is 0. The summed E-state index contributed by atoms with van der Waals surface area (Å²) in [6, 6.07) is 17.6. The number of hydrogen-bond donors (Lipinski definition) is 0. The Labute approximate surface area is 108 Å². The van der Waals surface area contributed by atoms with Crippen LogP contribution in [0.25, 0.3) is 11.6 Å². The van der Waals surface area contributed by atoms with Gasteiger partial charge in [0.15, 0.2) is 0 Å². The fourth-order valence-electron chi connectivity index (χ4n) is 2.37. The van der Waals surface area contributed by atoms with Gasteiger partial charge in [0.05, 0.1) is 0 Å². The van der Waals surface area contributed by atoms with Gasteiger partial charge < -0.3 is 0 Å². The van der Waals surface area contributed by atoms with Crippen molar-refractivity contribution >= 4 is 11.6 Å². The Morgan fingerprint density at radius 1 is 0.778 bits per heavy atom. The molecule has 2 aromatic rings. The number of rotatable bonds is 1. The second-order valence-corrected chi connectivity index (χ2v) is 4.74. The van der Waals surface area contributed by atoms with E-state index in [-0.39, 0.29) is 0 Å². The van der Waals surface area contributed by atoms with Gasteiger partial charge in [-0.25, -0.2) is 0 Å². The van der Waals surface area contributed by atoms with Crippen molar-refractivity contribution in [3.8, 4) is 0 Å². The molecule has 18 heavy (non-hydrogen) atoms. The summed E-state index contributed by atoms with van der Waals surface area (Å²) >= 11 is 0. The molecule has 0 amide bonds. The topological polar surface area (TPSA) is 0 Å². The van der Waals surface area contributed by atoms with Crippen molar-refractivity contribution < 1.29 is 0 Å². The van der Waals surface area contributed by atoms with Crippen LogP contribution in [0.3, 0.4) is 0 Å². The molecule has 4 aliphatic carbocycles. The van der Waals surface area contributed by atoms with Crippen LogP contribution in [0, 0.1) is 0 Å². The highest BCUT2D eigenvalue weighted by Crippen LogP contribution is 2.22. The maximum atomic E-state index is 3.92. The number of hydrogen-bond acceptors (Lipinski definition) is 0. The largest absolute Gasteiger partial charge is 0.0984 e. The predicted octanol–water partition coefficient (Wildman–Crippen LogP) is 4.51. The van der Waals surface area contributed by atoms with Crippen LogP contribution in [-0.4, -0.2) is 0 Å². The van der Waals surface area contributed by atoms with E-state index in [1.54, 1.807) is 0 Å². The molecule has 2 aromatic carbocycles. The molecule has 0 heterocycles. The van der Waals surface area contributed by atoms with Crippen LogP contribution in [-0.2, 0) is 12.8 Å². The van der Waals surface area contributed by atoms with Gasteiger partial charge in [0.25, 0.3) is 0 Å². The molecule has 0 fully saturated rings. The third kappa shape index (κ3) is 2.14. The molecule has 4 bridgehead atoms. The lowest BCUT2D eigenvalue weighted by Gasteiger charge is -2.09. The quantitative estimate of drug-likeness (QED) is 0.678. The smallest absolute Gasteiger partial charge is 0.0184 e. The lowest BCUT2D eigenvalue weighted by molar-refractivity contribution is 0.959. The van der Waals surface area contributed by atoms with Crippen molar-refractivity contribution in [1.82, 2.24) is 0 Å². The molecule has 0 nitrogen and oxygen atoms in total. The lowest BCUT2D eigenvalue weighted by atomic mass is 9.96. The minimum Gasteiger partial charge on any atom is -0.0984 e. The fourth-order valence-corrected chi connectivity index (χ4v) is 2.37. The van der Waals surface area contributed by atoms with Crippen LogP contribution in [0.5, 0.6) is 0 Å². The maximum Gasteiger partial charge on any atom is -0.0184 e. The zero-order chi connectivity index (χ0) is 12.4. The van der Waals surface area contributed by atoms with Gasteiger partial charge in [-0.1, -0.05) is 61.2 Å². The normalized spacial score (nSPS) is 16.6. The Balaban J connectivity index is 2.18. The van der Waals surface area contributed by atoms with Gasteiger partial charge in [-0.15, -0.1) is 0 Å². The SMILES string of the molecule is C=C/C1=C/c2ccc(cc2)CCc2ccc1cc2. The third-order valence-corrected chi connectivity index (χ3v) is 3.51. The Bertz CT molecular complexity index is 583. The number of benzene rings is 2. The average molecular weight is 232 g/mol. The average Bonchev–Trinajstić information content (AvgIpc) is 2.42. The van der Waals surface area contributed by atoms with Crippen molar-refractivity contribution in [3.63, 3.8) is 0 Å². The van der Waals surface area contributed by atoms with Crippen molar-refractivity contribution in [2.24, 2.45) is 0 Å². The zero-order valence-electron chi connectivity index (χ0n) is 10.4. The van der Waals surface area contributed by atoms with Gasteiger partial charge in [0.2, 0.25) is 0 Å². The predicted molar refractivity (Wildman–Crippen MR) is 78.4 cm³/mol. The first-order valence-electron chi connectivity index (χ1n) is 6.37. The fraction of sp³-hybridized carbons (Fsp3) is 0.111. The molecule has 6 rings (SSSR count). The van der Waals surface area contributed by atoms with E-state index in [2.05, 4.69) is 61.2 Å². The molecule has 0 unspecified atom stereocenters. The van der Waals surface area contributed by atoms with E-state index in [9.17, 15) is 0 Å². The van der Waals surface area contributed by atoms with Crippen molar-refractivity contribution in [3.05, 3.63) is 83.4 Å². The third-order valence-electron chi connectivity index (χ3n) is 3.51. The monoisotopic (exact) mass is 232 g/mol. The molecule has 0 heteroatoms. The highest BCUT2D eigenvalue weighted by Gasteiger charge is 2.02. The summed E-state index contributed by atoms with van der Waals surface area (Å²) in [7, 11) is 0. The molecule has 88 valence electrons. The van der Waals surface area contributed by atoms with Crippen molar-refractivity contribution in [1.29, 1.82) is 0 Å². The van der Waals surface area contributed by atoms with E-state index in [1.165, 1.54) is 27.8 Å². The van der Waals surface area contributed by atoms with Crippen LogP contribution in [0.15, 0.2) is 61.2 Å². The Kier molecular flexibility index (Phi) is 2.85. The second kappa shape index (κ2) is 4.66. The first-order chi connectivity index (χ1) is 8.85. The van der Waals surface area contributed by atoms with Crippen LogP contribution in [0.2, 0.25) is 0 Å². The number of allylic oxidation sites excluding steroid dienone is 2. The Morgan fingerprint density at radius 3 is 1.89 bits per heavy atom. The van der Waals surface area contributed by atoms with E-state index in [1.807, 2.05) is 6.08 Å². The zero-order valence-corrected chi connectivity index (χ0v) is 10.4. The first-order valence-corrected chi connectivity index (χ1v) is 6.37. The summed E-state index contributed by atoms with van der Waals surface area (Å²) in [6.07, 6.45) is 6.33. The van der Waals surface area contributed by atoms with E-state index in [4.69, 9.17) is 0 Å². The summed E-state index contributed by atoms with van der Waals surface area (Å²) in [5.41, 5.74) is 6.44. The van der Waals surface area contributed by atoms with E-state index in [0.29, 0.717) is 0 Å². The first kappa shape index (κ1) is 11.0. The van der Waals surface area contributed by atoms with Crippen LogP contribution < -0.4 is 0 Å². The minimum absolute atomic E-state index is 1.10. The van der Waals surface area contributed by atoms with Gasteiger partial charge in [0.1, 0.15) is 0 Å². The van der Waals surface area contributed by atoms with Gasteiger partial charge in [0, 0.05) is 0 Å². The molecular weight excluding hydrogens is 216 g/mol. The lowest BCUT2D eigenvalue weighted by Crippen LogP contribution is -1.93. The summed E-state index contributed by atoms with van der Waals surface area (Å²) in [5, 5.41) is 0. The number of aryl methyl sites for hydroxylation is 2. The Hall–Kier alpha value is -2.08. The highest BCUT2D eigenvalue weighted by atomic mass is 14.1. The standard InChI is InChI=1S/C18H16/c1-2-17-13-16-7-5-14(6-8-16)3-4-15-9-11-18(17)12-10-15/h2,5-13H,1,3-4H2/b17-13-. The van der Waals surface area contributed by atoms with Gasteiger partial charge in [-0.05, 0) is 46.7 Å². The van der Waals surface area contributed by atoms with Crippen molar-refractivity contribution in [2.45, 2.75) is 12.8 Å².